The van der Waals surface area contributed by atoms with Gasteiger partial charge in [0.05, 0.1) is 31.4 Å². The van der Waals surface area contributed by atoms with Crippen molar-refractivity contribution in [3.63, 3.8) is 0 Å². The second-order valence-electron chi connectivity index (χ2n) is 7.03. The number of benzene rings is 2. The predicted octanol–water partition coefficient (Wildman–Crippen LogP) is 3.36. The maximum absolute atomic E-state index is 13.2. The van der Waals surface area contributed by atoms with E-state index in [2.05, 4.69) is 16.5 Å². The number of methoxy groups -OCH3 is 2. The summed E-state index contributed by atoms with van der Waals surface area (Å²) in [5.74, 6) is 0.591. The van der Waals surface area contributed by atoms with Crippen LogP contribution in [-0.2, 0) is 0 Å². The Hall–Kier alpha value is -3.28. The Morgan fingerprint density at radius 2 is 1.90 bits per heavy atom. The van der Waals surface area contributed by atoms with Crippen LogP contribution in [0.15, 0.2) is 59.6 Å². The van der Waals surface area contributed by atoms with Gasteiger partial charge in [-0.25, -0.2) is 5.43 Å². The molecule has 0 aromatic heterocycles. The topological polar surface area (TPSA) is 86.9 Å². The number of carbonyl (C=O) groups excluding carboxylic acids is 1. The van der Waals surface area contributed by atoms with Gasteiger partial charge in [0.25, 0.3) is 0 Å². The molecule has 2 aliphatic heterocycles. The van der Waals surface area contributed by atoms with Crippen LogP contribution in [0.4, 0.5) is 0 Å². The molecule has 8 heteroatoms. The molecule has 31 heavy (non-hydrogen) atoms. The van der Waals surface area contributed by atoms with E-state index in [1.54, 1.807) is 44.2 Å². The van der Waals surface area contributed by atoms with Crippen molar-refractivity contribution in [2.75, 3.05) is 20.5 Å². The molecule has 2 aromatic rings. The lowest BCUT2D eigenvalue weighted by Crippen LogP contribution is -2.40. The van der Waals surface area contributed by atoms with Gasteiger partial charge in [-0.05, 0) is 30.5 Å². The van der Waals surface area contributed by atoms with E-state index in [4.69, 9.17) is 9.47 Å². The zero-order valence-electron chi connectivity index (χ0n) is 17.4. The maximum Gasteiger partial charge on any atom is 0.211 e. The molecule has 2 heterocycles. The molecule has 2 aliphatic rings. The highest BCUT2D eigenvalue weighted by Crippen LogP contribution is 2.39. The Morgan fingerprint density at radius 1 is 1.16 bits per heavy atom. The highest BCUT2D eigenvalue weighted by Gasteiger charge is 2.45. The fourth-order valence-corrected chi connectivity index (χ4v) is 4.47. The summed E-state index contributed by atoms with van der Waals surface area (Å²) in [6.45, 7) is 0. The van der Waals surface area contributed by atoms with Crippen molar-refractivity contribution in [3.05, 3.63) is 65.7 Å². The van der Waals surface area contributed by atoms with Gasteiger partial charge in [-0.2, -0.15) is 5.26 Å². The number of nitriles is 1. The number of hydrazine groups is 1. The number of rotatable bonds is 6. The number of ketones is 1. The first kappa shape index (κ1) is 21.0. The standard InChI is InChI=1S/C23H22N4O3S/c1-29-19-10-9-15(11-20(19)30-2)18-12-17(21(28)14-7-5-4-6-8-14)25-22-16(13-24)23(31-3)26-27(18)22/h4-12,16,22-23,26H,1-3H3. The van der Waals surface area contributed by atoms with Gasteiger partial charge in [-0.15, -0.1) is 11.8 Å². The first-order valence-electron chi connectivity index (χ1n) is 9.70. The summed E-state index contributed by atoms with van der Waals surface area (Å²) in [6, 6.07) is 17.0. The summed E-state index contributed by atoms with van der Waals surface area (Å²) >= 11 is 1.55. The van der Waals surface area contributed by atoms with Crippen molar-refractivity contribution in [1.82, 2.24) is 10.4 Å². The Kier molecular flexibility index (Phi) is 5.98. The molecular weight excluding hydrogens is 412 g/mol. The zero-order chi connectivity index (χ0) is 22.0. The van der Waals surface area contributed by atoms with Crippen molar-refractivity contribution in [2.45, 2.75) is 11.5 Å². The van der Waals surface area contributed by atoms with Crippen LogP contribution in [0.2, 0.25) is 0 Å². The van der Waals surface area contributed by atoms with Crippen LogP contribution < -0.4 is 14.9 Å². The summed E-state index contributed by atoms with van der Waals surface area (Å²) in [4.78, 5) is 17.9. The number of allylic oxidation sites excluding steroid dienone is 1. The maximum atomic E-state index is 13.2. The molecule has 2 aromatic carbocycles. The number of hydrogen-bond acceptors (Lipinski definition) is 8. The minimum atomic E-state index is -0.516. The van der Waals surface area contributed by atoms with Gasteiger partial charge in [0.1, 0.15) is 11.6 Å². The lowest BCUT2D eigenvalue weighted by Gasteiger charge is -2.31. The van der Waals surface area contributed by atoms with Crippen LogP contribution in [0, 0.1) is 17.2 Å². The summed E-state index contributed by atoms with van der Waals surface area (Å²) in [5, 5.41) is 11.5. The molecule has 1 fully saturated rings. The number of fused-ring (bicyclic) bond motifs is 1. The highest BCUT2D eigenvalue weighted by molar-refractivity contribution is 7.99. The molecule has 0 bridgehead atoms. The lowest BCUT2D eigenvalue weighted by atomic mass is 10.00. The van der Waals surface area contributed by atoms with Gasteiger partial charge in [0, 0.05) is 11.1 Å². The van der Waals surface area contributed by atoms with Crippen molar-refractivity contribution >= 4 is 29.0 Å². The largest absolute Gasteiger partial charge is 0.493 e. The van der Waals surface area contributed by atoms with Gasteiger partial charge in [0.2, 0.25) is 5.78 Å². The van der Waals surface area contributed by atoms with E-state index in [0.29, 0.717) is 22.8 Å². The number of hydrogen-bond donors (Lipinski definition) is 1. The van der Waals surface area contributed by atoms with Gasteiger partial charge < -0.3 is 9.47 Å². The molecule has 4 rings (SSSR count). The molecule has 0 aliphatic carbocycles. The number of nitrogens with zero attached hydrogens (tertiary/aromatic N) is 3. The third-order valence-electron chi connectivity index (χ3n) is 5.33. The quantitative estimate of drug-likeness (QED) is 0.698. The molecule has 0 radical (unpaired) electrons. The van der Waals surface area contributed by atoms with Gasteiger partial charge >= 0.3 is 0 Å². The second-order valence-corrected chi connectivity index (χ2v) is 8.01. The van der Waals surface area contributed by atoms with E-state index in [1.165, 1.54) is 0 Å². The number of Topliss-reactive ketones (excluding diaryl/α,β-unsaturated/α-hetero) is 1. The van der Waals surface area contributed by atoms with Gasteiger partial charge in [-0.1, -0.05) is 30.3 Å². The van der Waals surface area contributed by atoms with E-state index in [0.717, 1.165) is 11.3 Å². The van der Waals surface area contributed by atoms with E-state index in [1.807, 2.05) is 47.7 Å². The third-order valence-corrected chi connectivity index (χ3v) is 6.24. The Balaban J connectivity index is 1.82. The Morgan fingerprint density at radius 3 is 2.55 bits per heavy atom. The van der Waals surface area contributed by atoms with E-state index in [9.17, 15) is 10.1 Å². The molecule has 158 valence electrons. The summed E-state index contributed by atoms with van der Waals surface area (Å²) in [7, 11) is 3.16. The van der Waals surface area contributed by atoms with E-state index >= 15 is 0 Å². The third kappa shape index (κ3) is 3.78. The van der Waals surface area contributed by atoms with Crippen molar-refractivity contribution in [1.29, 1.82) is 5.26 Å². The summed E-state index contributed by atoms with van der Waals surface area (Å²) < 4.78 is 10.8. The second kappa shape index (κ2) is 8.84. The molecule has 3 unspecified atom stereocenters. The molecule has 7 nitrogen and oxygen atoms in total. The SMILES string of the molecule is COc1ccc(C2=CC(C(=O)c3ccccc3)=NC3C(C#N)C(SC)NN23)cc1OC. The average molecular weight is 435 g/mol. The minimum Gasteiger partial charge on any atom is -0.493 e. The fourth-order valence-electron chi connectivity index (χ4n) is 3.75. The molecule has 0 saturated carbocycles. The molecular formula is C23H22N4O3S. The van der Waals surface area contributed by atoms with Crippen LogP contribution in [0.1, 0.15) is 15.9 Å². The van der Waals surface area contributed by atoms with Crippen LogP contribution in [0.3, 0.4) is 0 Å². The highest BCUT2D eigenvalue weighted by atomic mass is 32.2. The molecule has 3 atom stereocenters. The fraction of sp³-hybridized carbons (Fsp3) is 0.261. The van der Waals surface area contributed by atoms with Crippen LogP contribution in [0.25, 0.3) is 5.70 Å². The normalized spacial score (nSPS) is 22.1. The Labute approximate surface area is 185 Å². The number of thioether (sulfide) groups is 1. The lowest BCUT2D eigenvalue weighted by molar-refractivity contribution is 0.106. The first-order valence-corrected chi connectivity index (χ1v) is 11.0. The smallest absolute Gasteiger partial charge is 0.211 e. The number of nitrogens with one attached hydrogen (secondary N) is 1. The molecule has 1 saturated heterocycles. The van der Waals surface area contributed by atoms with Crippen molar-refractivity contribution in [2.24, 2.45) is 10.9 Å². The monoisotopic (exact) mass is 434 g/mol. The zero-order valence-corrected chi connectivity index (χ0v) is 18.2. The molecule has 0 amide bonds. The van der Waals surface area contributed by atoms with E-state index < -0.39 is 12.1 Å². The minimum absolute atomic E-state index is 0.145. The van der Waals surface area contributed by atoms with Crippen LogP contribution >= 0.6 is 11.8 Å². The predicted molar refractivity (Wildman–Crippen MR) is 121 cm³/mol. The van der Waals surface area contributed by atoms with Gasteiger partial charge in [0.15, 0.2) is 17.7 Å². The van der Waals surface area contributed by atoms with E-state index in [-0.39, 0.29) is 11.2 Å². The molecule has 1 N–H and O–H groups in total. The number of carbonyl (C=O) groups is 1. The van der Waals surface area contributed by atoms with Crippen molar-refractivity contribution < 1.29 is 14.3 Å². The first-order chi connectivity index (χ1) is 15.1. The molecule has 0 spiro atoms. The van der Waals surface area contributed by atoms with Crippen LogP contribution in [-0.4, -0.2) is 48.5 Å². The average Bonchev–Trinajstić information content (AvgIpc) is 3.20. The van der Waals surface area contributed by atoms with Gasteiger partial charge in [-0.3, -0.25) is 14.8 Å². The number of aliphatic imine (C=N–C) groups is 1. The Bertz CT molecular complexity index is 1090. The van der Waals surface area contributed by atoms with Crippen molar-refractivity contribution in [3.8, 4) is 17.6 Å². The summed E-state index contributed by atoms with van der Waals surface area (Å²) in [5.41, 5.74) is 5.82. The van der Waals surface area contributed by atoms with Crippen LogP contribution in [0.5, 0.6) is 11.5 Å². The summed E-state index contributed by atoms with van der Waals surface area (Å²) in [6.07, 6.45) is 3.19. The number of ether oxygens (including phenoxy) is 2.